The molecule has 162 valence electrons. The summed E-state index contributed by atoms with van der Waals surface area (Å²) in [6, 6.07) is 3.49. The molecule has 1 N–H and O–H groups in total. The van der Waals surface area contributed by atoms with E-state index in [9.17, 15) is 9.90 Å². The number of hydrogen-bond acceptors (Lipinski definition) is 5. The molecule has 7 heteroatoms. The number of aromatic hydroxyl groups is 1. The van der Waals surface area contributed by atoms with Gasteiger partial charge in [-0.25, -0.2) is 0 Å². The highest BCUT2D eigenvalue weighted by Gasteiger charge is 2.16. The maximum atomic E-state index is 11.6. The number of benzene rings is 1. The van der Waals surface area contributed by atoms with Crippen molar-refractivity contribution >= 4 is 30.6 Å². The SMILES string of the molecule is CCCc1c(OCCCCCN2CCN(C)CC2)ccc(C(C)=O)c1O.Cl.Cl. The van der Waals surface area contributed by atoms with E-state index >= 15 is 0 Å². The average Bonchev–Trinajstić information content (AvgIpc) is 2.62. The summed E-state index contributed by atoms with van der Waals surface area (Å²) in [7, 11) is 2.18. The summed E-state index contributed by atoms with van der Waals surface area (Å²) in [6.45, 7) is 10.0. The van der Waals surface area contributed by atoms with Crippen molar-refractivity contribution in [1.82, 2.24) is 9.80 Å². The van der Waals surface area contributed by atoms with Crippen LogP contribution in [0.25, 0.3) is 0 Å². The molecule has 0 spiro atoms. The molecule has 0 unspecified atom stereocenters. The molecule has 1 heterocycles. The minimum atomic E-state index is -0.115. The van der Waals surface area contributed by atoms with Crippen LogP contribution in [0.4, 0.5) is 0 Å². The predicted molar refractivity (Wildman–Crippen MR) is 120 cm³/mol. The van der Waals surface area contributed by atoms with Crippen LogP contribution in [0.3, 0.4) is 0 Å². The van der Waals surface area contributed by atoms with Gasteiger partial charge in [0.05, 0.1) is 12.2 Å². The van der Waals surface area contributed by atoms with Crippen molar-refractivity contribution in [1.29, 1.82) is 0 Å². The Balaban J connectivity index is 0.00000364. The number of rotatable bonds is 10. The lowest BCUT2D eigenvalue weighted by atomic mass is 10.0. The van der Waals surface area contributed by atoms with Crippen LogP contribution in [0.15, 0.2) is 12.1 Å². The number of hydrogen-bond donors (Lipinski definition) is 1. The number of ketones is 1. The number of phenols is 1. The molecule has 5 nitrogen and oxygen atoms in total. The zero-order valence-corrected chi connectivity index (χ0v) is 19.0. The Morgan fingerprint density at radius 3 is 2.39 bits per heavy atom. The topological polar surface area (TPSA) is 53.0 Å². The number of unbranched alkanes of at least 4 members (excludes halogenated alkanes) is 2. The van der Waals surface area contributed by atoms with Gasteiger partial charge < -0.3 is 19.6 Å². The van der Waals surface area contributed by atoms with Crippen molar-refractivity contribution in [3.8, 4) is 11.5 Å². The Morgan fingerprint density at radius 1 is 1.11 bits per heavy atom. The van der Waals surface area contributed by atoms with Crippen LogP contribution in [0.2, 0.25) is 0 Å². The van der Waals surface area contributed by atoms with Crippen LogP contribution in [0, 0.1) is 0 Å². The van der Waals surface area contributed by atoms with Gasteiger partial charge in [0, 0.05) is 31.7 Å². The predicted octanol–water partition coefficient (Wildman–Crippen LogP) is 4.19. The molecule has 1 aliphatic rings. The Kier molecular flexibility index (Phi) is 13.5. The fourth-order valence-corrected chi connectivity index (χ4v) is 3.40. The molecule has 1 aliphatic heterocycles. The highest BCUT2D eigenvalue weighted by Crippen LogP contribution is 2.33. The van der Waals surface area contributed by atoms with Gasteiger partial charge in [-0.15, -0.1) is 24.8 Å². The lowest BCUT2D eigenvalue weighted by molar-refractivity contribution is 0.101. The number of phenolic OH excluding ortho intramolecular Hbond substituents is 1. The molecular formula is C21H36Cl2N2O3. The second-order valence-corrected chi connectivity index (χ2v) is 7.30. The quantitative estimate of drug-likeness (QED) is 0.441. The Hall–Kier alpha value is -1.01. The third-order valence-corrected chi connectivity index (χ3v) is 5.09. The number of carbonyl (C=O) groups is 1. The van der Waals surface area contributed by atoms with Gasteiger partial charge in [0.2, 0.25) is 0 Å². The lowest BCUT2D eigenvalue weighted by Crippen LogP contribution is -2.44. The Labute approximate surface area is 182 Å². The number of nitrogens with zero attached hydrogens (tertiary/aromatic N) is 2. The van der Waals surface area contributed by atoms with E-state index in [0.29, 0.717) is 24.3 Å². The molecule has 0 atom stereocenters. The molecule has 1 saturated heterocycles. The number of halogens is 2. The monoisotopic (exact) mass is 434 g/mol. The van der Waals surface area contributed by atoms with Gasteiger partial charge in [0.25, 0.3) is 0 Å². The number of carbonyl (C=O) groups excluding carboxylic acids is 1. The van der Waals surface area contributed by atoms with E-state index in [2.05, 4.69) is 23.8 Å². The van der Waals surface area contributed by atoms with Gasteiger partial charge in [-0.3, -0.25) is 4.79 Å². The van der Waals surface area contributed by atoms with Crippen molar-refractivity contribution in [2.45, 2.75) is 46.0 Å². The molecule has 0 bridgehead atoms. The maximum Gasteiger partial charge on any atom is 0.163 e. The maximum absolute atomic E-state index is 11.6. The van der Waals surface area contributed by atoms with Gasteiger partial charge >= 0.3 is 0 Å². The largest absolute Gasteiger partial charge is 0.507 e. The fourth-order valence-electron chi connectivity index (χ4n) is 3.40. The molecule has 0 amide bonds. The Morgan fingerprint density at radius 2 is 1.79 bits per heavy atom. The van der Waals surface area contributed by atoms with Crippen molar-refractivity contribution < 1.29 is 14.6 Å². The van der Waals surface area contributed by atoms with E-state index in [4.69, 9.17) is 4.74 Å². The van der Waals surface area contributed by atoms with Crippen molar-refractivity contribution in [2.75, 3.05) is 46.4 Å². The van der Waals surface area contributed by atoms with E-state index in [-0.39, 0.29) is 36.3 Å². The smallest absolute Gasteiger partial charge is 0.163 e. The van der Waals surface area contributed by atoms with Crippen LogP contribution in [-0.4, -0.2) is 67.1 Å². The highest BCUT2D eigenvalue weighted by molar-refractivity contribution is 5.97. The normalized spacial score (nSPS) is 14.8. The Bertz CT molecular complexity index is 591. The molecule has 1 fully saturated rings. The van der Waals surface area contributed by atoms with E-state index in [0.717, 1.165) is 24.8 Å². The first kappa shape index (κ1) is 27.0. The third-order valence-electron chi connectivity index (χ3n) is 5.09. The fraction of sp³-hybridized carbons (Fsp3) is 0.667. The number of ether oxygens (including phenoxy) is 1. The van der Waals surface area contributed by atoms with Gasteiger partial charge in [0.1, 0.15) is 11.5 Å². The molecule has 0 aromatic heterocycles. The van der Waals surface area contributed by atoms with E-state index in [1.54, 1.807) is 6.07 Å². The lowest BCUT2D eigenvalue weighted by Gasteiger charge is -2.32. The zero-order chi connectivity index (χ0) is 18.9. The van der Waals surface area contributed by atoms with E-state index < -0.39 is 0 Å². The van der Waals surface area contributed by atoms with Gasteiger partial charge in [0.15, 0.2) is 5.78 Å². The highest BCUT2D eigenvalue weighted by atomic mass is 35.5. The first-order valence-electron chi connectivity index (χ1n) is 9.92. The van der Waals surface area contributed by atoms with Gasteiger partial charge in [-0.05, 0) is 58.3 Å². The van der Waals surface area contributed by atoms with Crippen molar-refractivity contribution in [2.24, 2.45) is 0 Å². The summed E-state index contributed by atoms with van der Waals surface area (Å²) >= 11 is 0. The summed E-state index contributed by atoms with van der Waals surface area (Å²) in [5.74, 6) is 0.690. The number of likely N-dealkylation sites (N-methyl/N-ethyl adjacent to an activating group) is 1. The van der Waals surface area contributed by atoms with Gasteiger partial charge in [-0.2, -0.15) is 0 Å². The van der Waals surface area contributed by atoms with Crippen LogP contribution >= 0.6 is 24.8 Å². The summed E-state index contributed by atoms with van der Waals surface area (Å²) in [5, 5.41) is 10.4. The molecule has 0 radical (unpaired) electrons. The van der Waals surface area contributed by atoms with Crippen LogP contribution in [0.5, 0.6) is 11.5 Å². The molecule has 0 saturated carbocycles. The summed E-state index contributed by atoms with van der Waals surface area (Å²) < 4.78 is 5.92. The summed E-state index contributed by atoms with van der Waals surface area (Å²) in [6.07, 6.45) is 4.97. The molecule has 1 aromatic carbocycles. The summed E-state index contributed by atoms with van der Waals surface area (Å²) in [4.78, 5) is 16.5. The van der Waals surface area contributed by atoms with Crippen LogP contribution < -0.4 is 4.74 Å². The molecule has 1 aromatic rings. The molecule has 28 heavy (non-hydrogen) atoms. The van der Waals surface area contributed by atoms with Gasteiger partial charge in [-0.1, -0.05) is 13.3 Å². The second kappa shape index (κ2) is 14.0. The minimum Gasteiger partial charge on any atom is -0.507 e. The standard InChI is InChI=1S/C21H34N2O3.2ClH/c1-4-8-19-20(10-9-18(17(2)24)21(19)25)26-16-7-5-6-11-23-14-12-22(3)13-15-23;;/h9-10,25H,4-8,11-16H2,1-3H3;2*1H. The first-order valence-corrected chi connectivity index (χ1v) is 9.92. The van der Waals surface area contributed by atoms with Crippen molar-refractivity contribution in [3.63, 3.8) is 0 Å². The molecule has 0 aliphatic carbocycles. The van der Waals surface area contributed by atoms with Crippen LogP contribution in [0.1, 0.15) is 55.5 Å². The average molecular weight is 435 g/mol. The first-order chi connectivity index (χ1) is 12.5. The molecular weight excluding hydrogens is 399 g/mol. The molecule has 2 rings (SSSR count). The zero-order valence-electron chi connectivity index (χ0n) is 17.4. The van der Waals surface area contributed by atoms with Crippen molar-refractivity contribution in [3.05, 3.63) is 23.3 Å². The second-order valence-electron chi connectivity index (χ2n) is 7.30. The number of Topliss-reactive ketones (excluding diaryl/α,β-unsaturated/α-hetero) is 1. The van der Waals surface area contributed by atoms with E-state index in [1.165, 1.54) is 46.1 Å². The minimum absolute atomic E-state index is 0. The third kappa shape index (κ3) is 8.16. The summed E-state index contributed by atoms with van der Waals surface area (Å²) in [5.41, 5.74) is 1.14. The van der Waals surface area contributed by atoms with E-state index in [1.807, 2.05) is 6.07 Å². The van der Waals surface area contributed by atoms with Crippen LogP contribution in [-0.2, 0) is 6.42 Å². The number of piperazine rings is 1.